The zero-order valence-electron chi connectivity index (χ0n) is 14.6. The summed E-state index contributed by atoms with van der Waals surface area (Å²) in [6, 6.07) is 7.84. The summed E-state index contributed by atoms with van der Waals surface area (Å²) in [6.45, 7) is 3.54. The molecule has 1 fully saturated rings. The molecule has 1 aliphatic rings. The van der Waals surface area contributed by atoms with Crippen molar-refractivity contribution in [3.05, 3.63) is 54.0 Å². The normalized spacial score (nSPS) is 16.7. The minimum absolute atomic E-state index is 0.0803. The van der Waals surface area contributed by atoms with Crippen LogP contribution in [-0.4, -0.2) is 59.7 Å². The molecule has 1 N–H and O–H groups in total. The quantitative estimate of drug-likeness (QED) is 0.825. The predicted octanol–water partition coefficient (Wildman–Crippen LogP) is 1.65. The minimum Gasteiger partial charge on any atom is -0.338 e. The van der Waals surface area contributed by atoms with E-state index in [-0.39, 0.29) is 17.5 Å². The van der Waals surface area contributed by atoms with E-state index in [1.807, 2.05) is 37.3 Å². The molecule has 1 aromatic carbocycles. The number of amides is 1. The van der Waals surface area contributed by atoms with Gasteiger partial charge in [0, 0.05) is 32.3 Å². The van der Waals surface area contributed by atoms with Gasteiger partial charge in [-0.05, 0) is 30.5 Å². The van der Waals surface area contributed by atoms with Gasteiger partial charge in [-0.1, -0.05) is 24.3 Å². The van der Waals surface area contributed by atoms with Crippen LogP contribution in [-0.2, 0) is 14.8 Å². The smallest absolute Gasteiger partial charge is 0.260 e. The molecule has 2 heterocycles. The number of imidazole rings is 1. The highest BCUT2D eigenvalue weighted by Crippen LogP contribution is 2.16. The van der Waals surface area contributed by atoms with Gasteiger partial charge in [0.05, 0.1) is 12.5 Å². The van der Waals surface area contributed by atoms with Crippen LogP contribution in [0.25, 0.3) is 6.08 Å². The van der Waals surface area contributed by atoms with Crippen LogP contribution in [0.2, 0.25) is 0 Å². The van der Waals surface area contributed by atoms with E-state index >= 15 is 0 Å². The monoisotopic (exact) mass is 374 g/mol. The lowest BCUT2D eigenvalue weighted by atomic mass is 10.1. The van der Waals surface area contributed by atoms with Crippen molar-refractivity contribution >= 4 is 22.0 Å². The minimum atomic E-state index is -3.59. The number of carbonyl (C=O) groups is 1. The lowest BCUT2D eigenvalue weighted by Crippen LogP contribution is -2.36. The van der Waals surface area contributed by atoms with Crippen molar-refractivity contribution in [2.75, 3.05) is 26.2 Å². The Kier molecular flexibility index (Phi) is 5.53. The van der Waals surface area contributed by atoms with Gasteiger partial charge in [0.25, 0.3) is 10.0 Å². The van der Waals surface area contributed by atoms with E-state index in [9.17, 15) is 13.2 Å². The Balaban J connectivity index is 1.65. The summed E-state index contributed by atoms with van der Waals surface area (Å²) in [7, 11) is -3.59. The average molecular weight is 374 g/mol. The summed E-state index contributed by atoms with van der Waals surface area (Å²) < 4.78 is 26.5. The first-order chi connectivity index (χ1) is 12.5. The number of rotatable bonds is 4. The number of H-pyrrole nitrogens is 1. The maximum atomic E-state index is 12.6. The maximum absolute atomic E-state index is 12.6. The van der Waals surface area contributed by atoms with Crippen molar-refractivity contribution in [3.63, 3.8) is 0 Å². The van der Waals surface area contributed by atoms with Crippen LogP contribution < -0.4 is 0 Å². The third kappa shape index (κ3) is 4.03. The second-order valence-corrected chi connectivity index (χ2v) is 8.10. The Morgan fingerprint density at radius 3 is 2.73 bits per heavy atom. The first-order valence-electron chi connectivity index (χ1n) is 8.49. The molecule has 0 spiro atoms. The van der Waals surface area contributed by atoms with Crippen LogP contribution in [0.5, 0.6) is 0 Å². The molecule has 26 heavy (non-hydrogen) atoms. The molecule has 1 aromatic heterocycles. The van der Waals surface area contributed by atoms with Gasteiger partial charge in [-0.2, -0.15) is 4.31 Å². The molecular weight excluding hydrogens is 352 g/mol. The van der Waals surface area contributed by atoms with E-state index < -0.39 is 10.0 Å². The summed E-state index contributed by atoms with van der Waals surface area (Å²) in [5.74, 6) is -0.103. The molecule has 0 bridgehead atoms. The summed E-state index contributed by atoms with van der Waals surface area (Å²) in [6.07, 6.45) is 6.60. The number of sulfonamides is 1. The Labute approximate surface area is 153 Å². The van der Waals surface area contributed by atoms with Crippen LogP contribution in [0.4, 0.5) is 0 Å². The number of benzene rings is 1. The number of hydrogen-bond donors (Lipinski definition) is 1. The van der Waals surface area contributed by atoms with E-state index in [1.54, 1.807) is 11.0 Å². The third-order valence-electron chi connectivity index (χ3n) is 4.45. The molecule has 3 rings (SSSR count). The van der Waals surface area contributed by atoms with Gasteiger partial charge in [-0.15, -0.1) is 0 Å². The van der Waals surface area contributed by atoms with Crippen molar-refractivity contribution in [1.29, 1.82) is 0 Å². The van der Waals surface area contributed by atoms with E-state index in [4.69, 9.17) is 0 Å². The van der Waals surface area contributed by atoms with Crippen LogP contribution in [0.1, 0.15) is 17.5 Å². The first kappa shape index (κ1) is 18.3. The van der Waals surface area contributed by atoms with E-state index in [1.165, 1.54) is 16.8 Å². The second-order valence-electron chi connectivity index (χ2n) is 6.19. The van der Waals surface area contributed by atoms with E-state index in [0.29, 0.717) is 26.1 Å². The van der Waals surface area contributed by atoms with Gasteiger partial charge in [0.15, 0.2) is 5.03 Å². The van der Waals surface area contributed by atoms with Crippen molar-refractivity contribution in [1.82, 2.24) is 19.2 Å². The zero-order valence-corrected chi connectivity index (χ0v) is 15.4. The molecule has 1 amide bonds. The largest absolute Gasteiger partial charge is 0.338 e. The fourth-order valence-corrected chi connectivity index (χ4v) is 4.28. The summed E-state index contributed by atoms with van der Waals surface area (Å²) >= 11 is 0. The van der Waals surface area contributed by atoms with Crippen molar-refractivity contribution in [2.24, 2.45) is 0 Å². The summed E-state index contributed by atoms with van der Waals surface area (Å²) in [5.41, 5.74) is 2.10. The molecule has 0 saturated carbocycles. The Morgan fingerprint density at radius 2 is 2.00 bits per heavy atom. The highest BCUT2D eigenvalue weighted by Gasteiger charge is 2.28. The lowest BCUT2D eigenvalue weighted by molar-refractivity contribution is -0.125. The van der Waals surface area contributed by atoms with Gasteiger partial charge >= 0.3 is 0 Å². The number of aryl methyl sites for hydroxylation is 1. The highest BCUT2D eigenvalue weighted by atomic mass is 32.2. The summed E-state index contributed by atoms with van der Waals surface area (Å²) in [5, 5.41) is 0.0803. The highest BCUT2D eigenvalue weighted by molar-refractivity contribution is 7.89. The van der Waals surface area contributed by atoms with E-state index in [2.05, 4.69) is 9.97 Å². The molecule has 0 unspecified atom stereocenters. The Bertz CT molecular complexity index is 891. The first-order valence-corrected chi connectivity index (χ1v) is 9.93. The second kappa shape index (κ2) is 7.84. The van der Waals surface area contributed by atoms with Crippen LogP contribution in [0, 0.1) is 6.92 Å². The maximum Gasteiger partial charge on any atom is 0.260 e. The molecule has 1 aliphatic heterocycles. The van der Waals surface area contributed by atoms with Crippen molar-refractivity contribution < 1.29 is 13.2 Å². The van der Waals surface area contributed by atoms with Gasteiger partial charge < -0.3 is 9.88 Å². The molecule has 2 aromatic rings. The van der Waals surface area contributed by atoms with Gasteiger partial charge in [0.1, 0.15) is 0 Å². The molecule has 7 nitrogen and oxygen atoms in total. The Morgan fingerprint density at radius 1 is 1.19 bits per heavy atom. The number of aromatic amines is 1. The fourth-order valence-electron chi connectivity index (χ4n) is 2.92. The molecule has 1 saturated heterocycles. The van der Waals surface area contributed by atoms with Gasteiger partial charge in [-0.3, -0.25) is 4.79 Å². The van der Waals surface area contributed by atoms with Crippen LogP contribution >= 0.6 is 0 Å². The number of hydrogen-bond acceptors (Lipinski definition) is 4. The van der Waals surface area contributed by atoms with Gasteiger partial charge in [0.2, 0.25) is 5.91 Å². The predicted molar refractivity (Wildman–Crippen MR) is 98.8 cm³/mol. The molecule has 0 aliphatic carbocycles. The third-order valence-corrected chi connectivity index (χ3v) is 6.28. The van der Waals surface area contributed by atoms with Gasteiger partial charge in [-0.25, -0.2) is 13.4 Å². The molecule has 0 radical (unpaired) electrons. The zero-order chi connectivity index (χ0) is 18.6. The number of aromatic nitrogens is 2. The number of carbonyl (C=O) groups excluding carboxylic acids is 1. The molecule has 8 heteroatoms. The van der Waals surface area contributed by atoms with Crippen molar-refractivity contribution in [3.8, 4) is 0 Å². The van der Waals surface area contributed by atoms with Crippen molar-refractivity contribution in [2.45, 2.75) is 18.4 Å². The lowest BCUT2D eigenvalue weighted by Gasteiger charge is -2.20. The van der Waals surface area contributed by atoms with Crippen LogP contribution in [0.3, 0.4) is 0 Å². The average Bonchev–Trinajstić information content (AvgIpc) is 3.06. The number of nitrogens with zero attached hydrogens (tertiary/aromatic N) is 3. The molecule has 0 atom stereocenters. The Hall–Kier alpha value is -2.45. The summed E-state index contributed by atoms with van der Waals surface area (Å²) in [4.78, 5) is 20.6. The molecular formula is C18H22N4O3S. The standard InChI is InChI=1S/C18H22N4O3S/c1-15-5-2-3-6-16(15)7-8-18(23)21-9-4-10-22(12-11-21)26(24,25)17-13-19-14-20-17/h2-3,5-8,13-14H,4,9-12H2,1H3,(H,19,20)/b8-7+. The van der Waals surface area contributed by atoms with E-state index in [0.717, 1.165) is 11.1 Å². The molecule has 138 valence electrons. The SMILES string of the molecule is Cc1ccccc1/C=C/C(=O)N1CCCN(S(=O)(=O)c2cnc[nH]2)CC1. The fraction of sp³-hybridized carbons (Fsp3) is 0.333. The number of nitrogens with one attached hydrogen (secondary N) is 1. The topological polar surface area (TPSA) is 86.4 Å². The van der Waals surface area contributed by atoms with Crippen LogP contribution in [0.15, 0.2) is 47.9 Å².